The van der Waals surface area contributed by atoms with Crippen LogP contribution in [0.5, 0.6) is 0 Å². The first kappa shape index (κ1) is 19.7. The quantitative estimate of drug-likeness (QED) is 0.759. The van der Waals surface area contributed by atoms with Crippen molar-refractivity contribution in [1.29, 1.82) is 0 Å². The van der Waals surface area contributed by atoms with E-state index in [4.69, 9.17) is 16.3 Å². The minimum absolute atomic E-state index is 0.0707. The normalized spacial score (nSPS) is 15.3. The number of carbonyl (C=O) groups excluding carboxylic acids is 1. The van der Waals surface area contributed by atoms with Gasteiger partial charge in [-0.25, -0.2) is 8.42 Å². The Morgan fingerprint density at radius 2 is 1.78 bits per heavy atom. The van der Waals surface area contributed by atoms with Crippen molar-refractivity contribution in [2.24, 2.45) is 5.92 Å². The minimum atomic E-state index is -3.77. The Morgan fingerprint density at radius 1 is 1.07 bits per heavy atom. The molecule has 1 amide bonds. The number of nitrogens with one attached hydrogen (secondary N) is 2. The van der Waals surface area contributed by atoms with Gasteiger partial charge in [-0.05, 0) is 61.2 Å². The number of benzene rings is 2. The van der Waals surface area contributed by atoms with E-state index in [0.29, 0.717) is 41.9 Å². The number of ether oxygens (including phenoxy) is 1. The molecule has 0 unspecified atom stereocenters. The van der Waals surface area contributed by atoms with E-state index >= 15 is 0 Å². The fourth-order valence-corrected chi connectivity index (χ4v) is 4.13. The Hall–Kier alpha value is -2.09. The molecule has 1 saturated heterocycles. The Balaban J connectivity index is 1.66. The molecule has 27 heavy (non-hydrogen) atoms. The number of anilines is 2. The molecule has 144 valence electrons. The second-order valence-electron chi connectivity index (χ2n) is 6.45. The zero-order valence-corrected chi connectivity index (χ0v) is 16.2. The standard InChI is InChI=1S/C19H21ClN2O4S/c20-15-4-6-16(7-5-15)22-27(24,25)18-3-1-2-17(13-18)21-19(23)12-14-8-10-26-11-9-14/h1-7,13-14,22H,8-12H2,(H,21,23). The average Bonchev–Trinajstić information content (AvgIpc) is 2.64. The maximum Gasteiger partial charge on any atom is 0.261 e. The smallest absolute Gasteiger partial charge is 0.261 e. The van der Waals surface area contributed by atoms with E-state index in [2.05, 4.69) is 10.0 Å². The summed E-state index contributed by atoms with van der Waals surface area (Å²) in [5.74, 6) is 0.180. The van der Waals surface area contributed by atoms with E-state index in [1.807, 2.05) is 0 Å². The van der Waals surface area contributed by atoms with Gasteiger partial charge in [-0.1, -0.05) is 17.7 Å². The fourth-order valence-electron chi connectivity index (χ4n) is 2.90. The fraction of sp³-hybridized carbons (Fsp3) is 0.316. The molecule has 3 rings (SSSR count). The summed E-state index contributed by atoms with van der Waals surface area (Å²) >= 11 is 5.81. The maximum atomic E-state index is 12.6. The van der Waals surface area contributed by atoms with E-state index in [1.54, 1.807) is 36.4 Å². The zero-order chi connectivity index (χ0) is 19.3. The van der Waals surface area contributed by atoms with Gasteiger partial charge in [0.25, 0.3) is 10.0 Å². The summed E-state index contributed by atoms with van der Waals surface area (Å²) in [6.07, 6.45) is 2.14. The van der Waals surface area contributed by atoms with Crippen LogP contribution < -0.4 is 10.0 Å². The van der Waals surface area contributed by atoms with Crippen molar-refractivity contribution >= 4 is 38.9 Å². The molecule has 0 aliphatic carbocycles. The van der Waals surface area contributed by atoms with Crippen molar-refractivity contribution in [2.45, 2.75) is 24.2 Å². The molecule has 1 aliphatic heterocycles. The molecule has 0 saturated carbocycles. The lowest BCUT2D eigenvalue weighted by Gasteiger charge is -2.21. The highest BCUT2D eigenvalue weighted by atomic mass is 35.5. The van der Waals surface area contributed by atoms with Gasteiger partial charge in [0.2, 0.25) is 5.91 Å². The molecule has 2 aromatic carbocycles. The van der Waals surface area contributed by atoms with Crippen LogP contribution >= 0.6 is 11.6 Å². The van der Waals surface area contributed by atoms with E-state index in [0.717, 1.165) is 12.8 Å². The van der Waals surface area contributed by atoms with Gasteiger partial charge >= 0.3 is 0 Å². The molecule has 0 bridgehead atoms. The SMILES string of the molecule is O=C(CC1CCOCC1)Nc1cccc(S(=O)(=O)Nc2ccc(Cl)cc2)c1. The zero-order valence-electron chi connectivity index (χ0n) is 14.7. The topological polar surface area (TPSA) is 84.5 Å². The van der Waals surface area contributed by atoms with Gasteiger partial charge in [0.1, 0.15) is 0 Å². The minimum Gasteiger partial charge on any atom is -0.381 e. The summed E-state index contributed by atoms with van der Waals surface area (Å²) in [7, 11) is -3.77. The van der Waals surface area contributed by atoms with Crippen molar-refractivity contribution in [3.63, 3.8) is 0 Å². The first-order chi connectivity index (χ1) is 12.9. The largest absolute Gasteiger partial charge is 0.381 e. The number of hydrogen-bond donors (Lipinski definition) is 2. The summed E-state index contributed by atoms with van der Waals surface area (Å²) in [5.41, 5.74) is 0.861. The van der Waals surface area contributed by atoms with Gasteiger partial charge in [-0.2, -0.15) is 0 Å². The summed E-state index contributed by atoms with van der Waals surface area (Å²) in [6.45, 7) is 1.37. The van der Waals surface area contributed by atoms with Gasteiger partial charge in [0, 0.05) is 36.0 Å². The molecule has 0 aromatic heterocycles. The van der Waals surface area contributed by atoms with Gasteiger partial charge in [-0.3, -0.25) is 9.52 Å². The monoisotopic (exact) mass is 408 g/mol. The molecule has 0 spiro atoms. The van der Waals surface area contributed by atoms with Crippen molar-refractivity contribution < 1.29 is 17.9 Å². The van der Waals surface area contributed by atoms with E-state index in [-0.39, 0.29) is 10.8 Å². The molecule has 1 aliphatic rings. The van der Waals surface area contributed by atoms with Crippen LogP contribution in [-0.2, 0) is 19.6 Å². The van der Waals surface area contributed by atoms with Gasteiger partial charge in [-0.15, -0.1) is 0 Å². The second-order valence-corrected chi connectivity index (χ2v) is 8.57. The second kappa shape index (κ2) is 8.73. The number of rotatable bonds is 6. The number of halogens is 1. The summed E-state index contributed by atoms with van der Waals surface area (Å²) in [4.78, 5) is 12.3. The van der Waals surface area contributed by atoms with Crippen LogP contribution in [0.4, 0.5) is 11.4 Å². The Labute approximate surface area is 163 Å². The van der Waals surface area contributed by atoms with Gasteiger partial charge in [0.05, 0.1) is 4.90 Å². The Morgan fingerprint density at radius 3 is 2.48 bits per heavy atom. The Bertz CT molecular complexity index is 894. The first-order valence-corrected chi connectivity index (χ1v) is 10.5. The summed E-state index contributed by atoms with van der Waals surface area (Å²) in [5, 5.41) is 3.30. The average molecular weight is 409 g/mol. The number of carbonyl (C=O) groups is 1. The molecule has 8 heteroatoms. The van der Waals surface area contributed by atoms with Crippen molar-refractivity contribution in [3.8, 4) is 0 Å². The lowest BCUT2D eigenvalue weighted by molar-refractivity contribution is -0.117. The van der Waals surface area contributed by atoms with Crippen molar-refractivity contribution in [3.05, 3.63) is 53.6 Å². The van der Waals surface area contributed by atoms with E-state index in [1.165, 1.54) is 12.1 Å². The van der Waals surface area contributed by atoms with Crippen LogP contribution in [0.2, 0.25) is 5.02 Å². The summed E-state index contributed by atoms with van der Waals surface area (Å²) < 4.78 is 32.9. The molecule has 2 N–H and O–H groups in total. The van der Waals surface area contributed by atoms with Crippen LogP contribution in [0.1, 0.15) is 19.3 Å². The molecule has 1 heterocycles. The van der Waals surface area contributed by atoms with Gasteiger partial charge in [0.15, 0.2) is 0 Å². The number of sulfonamides is 1. The van der Waals surface area contributed by atoms with Crippen LogP contribution in [-0.4, -0.2) is 27.5 Å². The molecule has 2 aromatic rings. The third-order valence-electron chi connectivity index (χ3n) is 4.34. The first-order valence-electron chi connectivity index (χ1n) is 8.68. The molecule has 1 fully saturated rings. The predicted octanol–water partition coefficient (Wildman–Crippen LogP) is 3.90. The summed E-state index contributed by atoms with van der Waals surface area (Å²) in [6, 6.07) is 12.6. The lowest BCUT2D eigenvalue weighted by atomic mass is 9.96. The highest BCUT2D eigenvalue weighted by Crippen LogP contribution is 2.22. The van der Waals surface area contributed by atoms with Gasteiger partial charge < -0.3 is 10.1 Å². The molecule has 6 nitrogen and oxygen atoms in total. The number of amides is 1. The Kier molecular flexibility index (Phi) is 6.36. The van der Waals surface area contributed by atoms with Crippen LogP contribution in [0, 0.1) is 5.92 Å². The maximum absolute atomic E-state index is 12.6. The molecule has 0 radical (unpaired) electrons. The highest BCUT2D eigenvalue weighted by Gasteiger charge is 2.19. The highest BCUT2D eigenvalue weighted by molar-refractivity contribution is 7.92. The molecular weight excluding hydrogens is 388 g/mol. The predicted molar refractivity (Wildman–Crippen MR) is 105 cm³/mol. The number of hydrogen-bond acceptors (Lipinski definition) is 4. The molecular formula is C19H21ClN2O4S. The third-order valence-corrected chi connectivity index (χ3v) is 5.97. The van der Waals surface area contributed by atoms with Crippen LogP contribution in [0.15, 0.2) is 53.4 Å². The lowest BCUT2D eigenvalue weighted by Crippen LogP contribution is -2.22. The molecule has 0 atom stereocenters. The van der Waals surface area contributed by atoms with E-state index < -0.39 is 10.0 Å². The van der Waals surface area contributed by atoms with Crippen LogP contribution in [0.25, 0.3) is 0 Å². The van der Waals surface area contributed by atoms with Crippen molar-refractivity contribution in [2.75, 3.05) is 23.3 Å². The third kappa shape index (κ3) is 5.69. The van der Waals surface area contributed by atoms with Crippen molar-refractivity contribution in [1.82, 2.24) is 0 Å². The van der Waals surface area contributed by atoms with Crippen LogP contribution in [0.3, 0.4) is 0 Å². The van der Waals surface area contributed by atoms with E-state index in [9.17, 15) is 13.2 Å².